The summed E-state index contributed by atoms with van der Waals surface area (Å²) < 4.78 is 26.8. The molecule has 10 heteroatoms. The molecule has 0 aromatic carbocycles. The maximum atomic E-state index is 11.8. The van der Waals surface area contributed by atoms with Crippen LogP contribution in [0.2, 0.25) is 5.02 Å². The number of aryl methyl sites for hydroxylation is 1. The van der Waals surface area contributed by atoms with E-state index in [0.717, 1.165) is 4.68 Å². The summed E-state index contributed by atoms with van der Waals surface area (Å²) in [5, 5.41) is 20.8. The fourth-order valence-corrected chi connectivity index (χ4v) is 2.92. The van der Waals surface area contributed by atoms with Crippen LogP contribution in [-0.4, -0.2) is 47.0 Å². The molecule has 0 saturated carbocycles. The molecule has 0 amide bonds. The fraction of sp³-hybridized carbons (Fsp3) is 0.500. The van der Waals surface area contributed by atoms with Crippen molar-refractivity contribution in [2.75, 3.05) is 6.54 Å². The first kappa shape index (κ1) is 14.9. The summed E-state index contributed by atoms with van der Waals surface area (Å²) in [6.07, 6.45) is -0.679. The summed E-state index contributed by atoms with van der Waals surface area (Å²) in [5.41, 5.74) is 0. The number of carboxylic acids is 1. The predicted octanol–water partition coefficient (Wildman–Crippen LogP) is -0.813. The van der Waals surface area contributed by atoms with E-state index in [0.29, 0.717) is 0 Å². The topological polar surface area (TPSA) is 122 Å². The van der Waals surface area contributed by atoms with Crippen molar-refractivity contribution in [2.45, 2.75) is 17.6 Å². The summed E-state index contributed by atoms with van der Waals surface area (Å²) in [5.74, 6) is -1.41. The van der Waals surface area contributed by atoms with Gasteiger partial charge >= 0.3 is 5.97 Å². The number of carboxylic acid groups (broad SMARTS) is 1. The number of sulfonamides is 1. The van der Waals surface area contributed by atoms with Gasteiger partial charge in [-0.05, 0) is 6.42 Å². The number of aliphatic hydroxyl groups is 1. The second-order valence-electron chi connectivity index (χ2n) is 3.46. The molecule has 0 bridgehead atoms. The molecular weight excluding hydrogens is 286 g/mol. The number of aromatic nitrogens is 2. The van der Waals surface area contributed by atoms with E-state index in [-0.39, 0.29) is 23.0 Å². The van der Waals surface area contributed by atoms with Crippen LogP contribution in [0.1, 0.15) is 6.42 Å². The van der Waals surface area contributed by atoms with E-state index in [4.69, 9.17) is 21.8 Å². The van der Waals surface area contributed by atoms with Crippen molar-refractivity contribution in [3.05, 3.63) is 11.2 Å². The Morgan fingerprint density at radius 2 is 2.28 bits per heavy atom. The third-order valence-corrected chi connectivity index (χ3v) is 4.06. The van der Waals surface area contributed by atoms with Gasteiger partial charge in [-0.15, -0.1) is 0 Å². The van der Waals surface area contributed by atoms with Gasteiger partial charge in [-0.1, -0.05) is 11.6 Å². The number of aliphatic hydroxyl groups excluding tert-OH is 1. The number of aliphatic carboxylic acids is 1. The summed E-state index contributed by atoms with van der Waals surface area (Å²) >= 11 is 5.68. The zero-order valence-electron chi connectivity index (χ0n) is 9.37. The SMILES string of the molecule is Cn1ncc(Cl)c1S(=O)(=O)NCC[C@H](O)C(=O)O. The normalized spacial score (nSPS) is 13.5. The largest absolute Gasteiger partial charge is 0.479 e. The Morgan fingerprint density at radius 1 is 1.67 bits per heavy atom. The van der Waals surface area contributed by atoms with Gasteiger partial charge in [0.25, 0.3) is 10.0 Å². The van der Waals surface area contributed by atoms with Gasteiger partial charge in [-0.2, -0.15) is 5.10 Å². The smallest absolute Gasteiger partial charge is 0.332 e. The Labute approximate surface area is 108 Å². The minimum Gasteiger partial charge on any atom is -0.479 e. The molecule has 0 aliphatic heterocycles. The lowest BCUT2D eigenvalue weighted by molar-refractivity contribution is -0.146. The van der Waals surface area contributed by atoms with Gasteiger partial charge < -0.3 is 10.2 Å². The molecule has 0 spiro atoms. The number of nitrogens with zero attached hydrogens (tertiary/aromatic N) is 2. The minimum atomic E-state index is -3.89. The highest BCUT2D eigenvalue weighted by atomic mass is 35.5. The second-order valence-corrected chi connectivity index (χ2v) is 5.55. The third-order valence-electron chi connectivity index (χ3n) is 2.09. The molecule has 0 aliphatic carbocycles. The molecule has 1 aromatic rings. The van der Waals surface area contributed by atoms with E-state index in [2.05, 4.69) is 9.82 Å². The number of hydrogen-bond donors (Lipinski definition) is 3. The Bertz CT molecular complexity index is 521. The number of nitrogens with one attached hydrogen (secondary N) is 1. The Kier molecular flexibility index (Phi) is 4.68. The molecule has 1 heterocycles. The molecule has 18 heavy (non-hydrogen) atoms. The second kappa shape index (κ2) is 5.65. The first-order chi connectivity index (χ1) is 8.25. The van der Waals surface area contributed by atoms with E-state index >= 15 is 0 Å². The molecule has 1 atom stereocenters. The van der Waals surface area contributed by atoms with E-state index in [1.165, 1.54) is 13.2 Å². The summed E-state index contributed by atoms with van der Waals surface area (Å²) in [4.78, 5) is 10.3. The van der Waals surface area contributed by atoms with Crippen LogP contribution in [0.4, 0.5) is 0 Å². The van der Waals surface area contributed by atoms with Crippen molar-refractivity contribution in [3.63, 3.8) is 0 Å². The molecule has 0 unspecified atom stereocenters. The van der Waals surface area contributed by atoms with Gasteiger partial charge in [0.1, 0.15) is 0 Å². The fourth-order valence-electron chi connectivity index (χ4n) is 1.22. The van der Waals surface area contributed by atoms with Gasteiger partial charge in [-0.25, -0.2) is 17.9 Å². The van der Waals surface area contributed by atoms with Gasteiger partial charge in [0, 0.05) is 13.6 Å². The van der Waals surface area contributed by atoms with E-state index in [1.54, 1.807) is 0 Å². The van der Waals surface area contributed by atoms with E-state index in [1.807, 2.05) is 0 Å². The quantitative estimate of drug-likeness (QED) is 0.631. The van der Waals surface area contributed by atoms with E-state index in [9.17, 15) is 13.2 Å². The van der Waals surface area contributed by atoms with Gasteiger partial charge in [0.2, 0.25) is 0 Å². The average Bonchev–Trinajstić information content (AvgIpc) is 2.58. The van der Waals surface area contributed by atoms with E-state index < -0.39 is 22.1 Å². The van der Waals surface area contributed by atoms with Crippen LogP contribution in [0.3, 0.4) is 0 Å². The standard InChI is InChI=1S/C8H12ClN3O5S/c1-12-7(5(9)4-10-12)18(16,17)11-3-2-6(13)8(14)15/h4,6,11,13H,2-3H2,1H3,(H,14,15)/t6-/m0/s1. The zero-order valence-corrected chi connectivity index (χ0v) is 10.9. The third kappa shape index (κ3) is 3.42. The molecule has 102 valence electrons. The zero-order chi connectivity index (χ0) is 13.9. The van der Waals surface area contributed by atoms with Crippen molar-refractivity contribution in [3.8, 4) is 0 Å². The summed E-state index contributed by atoms with van der Waals surface area (Å²) in [6.45, 7) is -0.225. The highest BCUT2D eigenvalue weighted by molar-refractivity contribution is 7.89. The lowest BCUT2D eigenvalue weighted by Crippen LogP contribution is -2.31. The highest BCUT2D eigenvalue weighted by Crippen LogP contribution is 2.19. The van der Waals surface area contributed by atoms with Crippen LogP contribution in [0, 0.1) is 0 Å². The Morgan fingerprint density at radius 3 is 2.72 bits per heavy atom. The number of rotatable bonds is 6. The van der Waals surface area contributed by atoms with Crippen molar-refractivity contribution < 1.29 is 23.4 Å². The Balaban J connectivity index is 2.70. The number of halogens is 1. The summed E-state index contributed by atoms with van der Waals surface area (Å²) in [6, 6.07) is 0. The average molecular weight is 298 g/mol. The molecule has 1 aromatic heterocycles. The molecule has 1 rings (SSSR count). The lowest BCUT2D eigenvalue weighted by Gasteiger charge is -2.08. The van der Waals surface area contributed by atoms with Crippen LogP contribution in [0.5, 0.6) is 0 Å². The van der Waals surface area contributed by atoms with Crippen LogP contribution in [0.15, 0.2) is 11.2 Å². The van der Waals surface area contributed by atoms with Crippen LogP contribution < -0.4 is 4.72 Å². The number of carbonyl (C=O) groups is 1. The summed E-state index contributed by atoms with van der Waals surface area (Å²) in [7, 11) is -2.48. The predicted molar refractivity (Wildman–Crippen MR) is 61.7 cm³/mol. The number of hydrogen-bond acceptors (Lipinski definition) is 5. The Hall–Kier alpha value is -1.16. The molecule has 8 nitrogen and oxygen atoms in total. The minimum absolute atomic E-state index is 0.0382. The maximum Gasteiger partial charge on any atom is 0.332 e. The van der Waals surface area contributed by atoms with Crippen molar-refractivity contribution in [1.29, 1.82) is 0 Å². The first-order valence-electron chi connectivity index (χ1n) is 4.83. The van der Waals surface area contributed by atoms with Crippen molar-refractivity contribution >= 4 is 27.6 Å². The van der Waals surface area contributed by atoms with Crippen LogP contribution in [0.25, 0.3) is 0 Å². The molecule has 3 N–H and O–H groups in total. The van der Waals surface area contributed by atoms with Gasteiger partial charge in [-0.3, -0.25) is 4.68 Å². The molecule has 0 aliphatic rings. The van der Waals surface area contributed by atoms with Crippen molar-refractivity contribution in [1.82, 2.24) is 14.5 Å². The monoisotopic (exact) mass is 297 g/mol. The molecule has 0 saturated heterocycles. The molecule has 0 fully saturated rings. The van der Waals surface area contributed by atoms with Gasteiger partial charge in [0.15, 0.2) is 11.1 Å². The van der Waals surface area contributed by atoms with Crippen LogP contribution >= 0.6 is 11.6 Å². The molecular formula is C8H12ClN3O5S. The maximum absolute atomic E-state index is 11.8. The first-order valence-corrected chi connectivity index (χ1v) is 6.70. The van der Waals surface area contributed by atoms with Gasteiger partial charge in [0.05, 0.1) is 11.2 Å². The lowest BCUT2D eigenvalue weighted by atomic mass is 10.3. The highest BCUT2D eigenvalue weighted by Gasteiger charge is 2.23. The molecule has 0 radical (unpaired) electrons. The van der Waals surface area contributed by atoms with Crippen LogP contribution in [-0.2, 0) is 21.9 Å². The van der Waals surface area contributed by atoms with Crippen molar-refractivity contribution in [2.24, 2.45) is 7.05 Å².